The first-order valence-electron chi connectivity index (χ1n) is 7.81. The van der Waals surface area contributed by atoms with Gasteiger partial charge in [-0.05, 0) is 38.9 Å². The van der Waals surface area contributed by atoms with E-state index in [0.717, 1.165) is 32.4 Å². The van der Waals surface area contributed by atoms with Crippen molar-refractivity contribution in [1.82, 2.24) is 9.80 Å². The van der Waals surface area contributed by atoms with Crippen LogP contribution in [0.5, 0.6) is 0 Å². The molecule has 0 aromatic heterocycles. The third-order valence-corrected chi connectivity index (χ3v) is 4.47. The quantitative estimate of drug-likeness (QED) is 0.890. The van der Waals surface area contributed by atoms with Crippen molar-refractivity contribution in [1.29, 1.82) is 0 Å². The van der Waals surface area contributed by atoms with Crippen molar-refractivity contribution < 1.29 is 4.79 Å². The number of carbonyl (C=O) groups excluding carboxylic acids is 1. The molecule has 2 N–H and O–H groups in total. The van der Waals surface area contributed by atoms with Gasteiger partial charge in [-0.15, -0.1) is 0 Å². The Morgan fingerprint density at radius 2 is 1.90 bits per heavy atom. The molecule has 0 aliphatic carbocycles. The van der Waals surface area contributed by atoms with E-state index in [9.17, 15) is 4.79 Å². The van der Waals surface area contributed by atoms with Gasteiger partial charge in [0.15, 0.2) is 0 Å². The SMILES string of the molecule is CN(C)C1CCN(C(=O)C(CN)Cc2ccccc2)CC1. The maximum Gasteiger partial charge on any atom is 0.227 e. The van der Waals surface area contributed by atoms with Gasteiger partial charge >= 0.3 is 0 Å². The van der Waals surface area contributed by atoms with Crippen LogP contribution in [0.15, 0.2) is 30.3 Å². The van der Waals surface area contributed by atoms with Gasteiger partial charge in [-0.1, -0.05) is 30.3 Å². The summed E-state index contributed by atoms with van der Waals surface area (Å²) in [6.45, 7) is 2.13. The number of amides is 1. The second kappa shape index (κ2) is 7.57. The van der Waals surface area contributed by atoms with Crippen LogP contribution in [0.4, 0.5) is 0 Å². The van der Waals surface area contributed by atoms with Gasteiger partial charge in [0, 0.05) is 25.7 Å². The number of nitrogens with zero attached hydrogens (tertiary/aromatic N) is 2. The van der Waals surface area contributed by atoms with Crippen molar-refractivity contribution in [2.45, 2.75) is 25.3 Å². The third-order valence-electron chi connectivity index (χ3n) is 4.47. The van der Waals surface area contributed by atoms with Crippen LogP contribution in [0.25, 0.3) is 0 Å². The van der Waals surface area contributed by atoms with Gasteiger partial charge in [0.25, 0.3) is 0 Å². The van der Waals surface area contributed by atoms with Gasteiger partial charge in [0.1, 0.15) is 0 Å². The van der Waals surface area contributed by atoms with E-state index in [4.69, 9.17) is 5.73 Å². The van der Waals surface area contributed by atoms with Gasteiger partial charge in [-0.25, -0.2) is 0 Å². The lowest BCUT2D eigenvalue weighted by atomic mass is 9.96. The number of nitrogens with two attached hydrogens (primary N) is 1. The smallest absolute Gasteiger partial charge is 0.227 e. The zero-order valence-electron chi connectivity index (χ0n) is 13.2. The van der Waals surface area contributed by atoms with Crippen molar-refractivity contribution in [2.24, 2.45) is 11.7 Å². The first-order valence-corrected chi connectivity index (χ1v) is 7.81. The van der Waals surface area contributed by atoms with Crippen molar-refractivity contribution in [3.05, 3.63) is 35.9 Å². The summed E-state index contributed by atoms with van der Waals surface area (Å²) in [7, 11) is 4.22. The topological polar surface area (TPSA) is 49.6 Å². The predicted octanol–water partition coefficient (Wildman–Crippen LogP) is 1.36. The fraction of sp³-hybridized carbons (Fsp3) is 0.588. The molecule has 1 heterocycles. The molecular formula is C17H27N3O. The number of hydrogen-bond donors (Lipinski definition) is 1. The molecule has 1 atom stereocenters. The lowest BCUT2D eigenvalue weighted by Crippen LogP contribution is -2.47. The third kappa shape index (κ3) is 4.29. The first-order chi connectivity index (χ1) is 10.1. The highest BCUT2D eigenvalue weighted by atomic mass is 16.2. The largest absolute Gasteiger partial charge is 0.342 e. The molecule has 1 aromatic carbocycles. The molecule has 0 spiro atoms. The standard InChI is InChI=1S/C17H27N3O/c1-19(2)16-8-10-20(11-9-16)17(21)15(13-18)12-14-6-4-3-5-7-14/h3-7,15-16H,8-13,18H2,1-2H3. The van der Waals surface area contributed by atoms with Crippen molar-refractivity contribution in [2.75, 3.05) is 33.7 Å². The first kappa shape index (κ1) is 16.0. The Morgan fingerprint density at radius 3 is 2.43 bits per heavy atom. The normalized spacial score (nSPS) is 18.0. The molecule has 0 radical (unpaired) electrons. The molecule has 0 saturated carbocycles. The Kier molecular flexibility index (Phi) is 5.76. The Morgan fingerprint density at radius 1 is 1.29 bits per heavy atom. The number of benzene rings is 1. The molecule has 1 aliphatic heterocycles. The highest BCUT2D eigenvalue weighted by Crippen LogP contribution is 2.18. The summed E-state index contributed by atoms with van der Waals surface area (Å²) in [5, 5.41) is 0. The maximum atomic E-state index is 12.6. The lowest BCUT2D eigenvalue weighted by molar-refractivity contribution is -0.136. The van der Waals surface area contributed by atoms with Crippen LogP contribution < -0.4 is 5.73 Å². The van der Waals surface area contributed by atoms with Crippen LogP contribution >= 0.6 is 0 Å². The zero-order chi connectivity index (χ0) is 15.2. The average Bonchev–Trinajstić information content (AvgIpc) is 2.53. The Hall–Kier alpha value is -1.39. The Bertz CT molecular complexity index is 439. The van der Waals surface area contributed by atoms with Gasteiger partial charge in [-0.3, -0.25) is 4.79 Å². The summed E-state index contributed by atoms with van der Waals surface area (Å²) in [5.41, 5.74) is 7.03. The highest BCUT2D eigenvalue weighted by Gasteiger charge is 2.28. The van der Waals surface area contributed by atoms with Crippen LogP contribution in [-0.2, 0) is 11.2 Å². The summed E-state index contributed by atoms with van der Waals surface area (Å²) < 4.78 is 0. The van der Waals surface area contributed by atoms with E-state index < -0.39 is 0 Å². The van der Waals surface area contributed by atoms with Crippen LogP contribution in [0, 0.1) is 5.92 Å². The monoisotopic (exact) mass is 289 g/mol. The maximum absolute atomic E-state index is 12.6. The van der Waals surface area contributed by atoms with Crippen molar-refractivity contribution >= 4 is 5.91 Å². The molecular weight excluding hydrogens is 262 g/mol. The molecule has 1 saturated heterocycles. The number of rotatable bonds is 5. The number of carbonyl (C=O) groups is 1. The molecule has 4 heteroatoms. The van der Waals surface area contributed by atoms with Gasteiger partial charge < -0.3 is 15.5 Å². The molecule has 1 aromatic rings. The minimum atomic E-state index is -0.0942. The van der Waals surface area contributed by atoms with Crippen LogP contribution in [0.1, 0.15) is 18.4 Å². The van der Waals surface area contributed by atoms with E-state index >= 15 is 0 Å². The fourth-order valence-electron chi connectivity index (χ4n) is 3.03. The molecule has 4 nitrogen and oxygen atoms in total. The van der Waals surface area contributed by atoms with E-state index in [1.807, 2.05) is 23.1 Å². The van der Waals surface area contributed by atoms with E-state index in [0.29, 0.717) is 12.6 Å². The zero-order valence-corrected chi connectivity index (χ0v) is 13.2. The number of likely N-dealkylation sites (tertiary alicyclic amines) is 1. The average molecular weight is 289 g/mol. The molecule has 1 aliphatic rings. The van der Waals surface area contributed by atoms with Gasteiger partial charge in [-0.2, -0.15) is 0 Å². The molecule has 116 valence electrons. The Balaban J connectivity index is 1.92. The second-order valence-corrected chi connectivity index (χ2v) is 6.14. The minimum Gasteiger partial charge on any atom is -0.342 e. The predicted molar refractivity (Wildman–Crippen MR) is 86.0 cm³/mol. The molecule has 1 unspecified atom stereocenters. The lowest BCUT2D eigenvalue weighted by Gasteiger charge is -2.36. The van der Waals surface area contributed by atoms with Crippen molar-refractivity contribution in [3.8, 4) is 0 Å². The molecule has 21 heavy (non-hydrogen) atoms. The number of hydrogen-bond acceptors (Lipinski definition) is 3. The van der Waals surface area contributed by atoms with Crippen LogP contribution in [-0.4, -0.2) is 55.5 Å². The molecule has 2 rings (SSSR count). The van der Waals surface area contributed by atoms with E-state index in [1.54, 1.807) is 0 Å². The van der Waals surface area contributed by atoms with E-state index in [2.05, 4.69) is 31.1 Å². The van der Waals surface area contributed by atoms with Crippen molar-refractivity contribution in [3.63, 3.8) is 0 Å². The van der Waals surface area contributed by atoms with Crippen LogP contribution in [0.3, 0.4) is 0 Å². The van der Waals surface area contributed by atoms with Gasteiger partial charge in [0.05, 0.1) is 5.92 Å². The van der Waals surface area contributed by atoms with Crippen LogP contribution in [0.2, 0.25) is 0 Å². The summed E-state index contributed by atoms with van der Waals surface area (Å²) in [4.78, 5) is 16.9. The summed E-state index contributed by atoms with van der Waals surface area (Å²) in [6.07, 6.45) is 2.85. The van der Waals surface area contributed by atoms with E-state index in [1.165, 1.54) is 5.56 Å². The Labute approximate surface area is 127 Å². The van der Waals surface area contributed by atoms with Gasteiger partial charge in [0.2, 0.25) is 5.91 Å². The molecule has 0 bridgehead atoms. The summed E-state index contributed by atoms with van der Waals surface area (Å²) in [5.74, 6) is 0.127. The summed E-state index contributed by atoms with van der Waals surface area (Å²) in [6, 6.07) is 10.7. The second-order valence-electron chi connectivity index (χ2n) is 6.14. The molecule has 1 amide bonds. The highest BCUT2D eigenvalue weighted by molar-refractivity contribution is 5.79. The summed E-state index contributed by atoms with van der Waals surface area (Å²) >= 11 is 0. The fourth-order valence-corrected chi connectivity index (χ4v) is 3.03. The molecule has 1 fully saturated rings. The van der Waals surface area contributed by atoms with E-state index in [-0.39, 0.29) is 11.8 Å². The minimum absolute atomic E-state index is 0.0942. The number of piperidine rings is 1.